The van der Waals surface area contributed by atoms with Gasteiger partial charge in [-0.3, -0.25) is 14.3 Å². The van der Waals surface area contributed by atoms with E-state index in [4.69, 9.17) is 0 Å². The lowest BCUT2D eigenvalue weighted by Crippen LogP contribution is -2.21. The second-order valence-corrected chi connectivity index (χ2v) is 5.12. The predicted molar refractivity (Wildman–Crippen MR) is 62.9 cm³/mol. The molecule has 0 spiro atoms. The number of nitrogens with one attached hydrogen (secondary N) is 1. The standard InChI is InChI=1S/C9H13N3O3S/c1-7(16(2)15)6-11-9-8(12(13)14)4-3-5-10-9/h3-5,7H,6H2,1-2H3,(H,10,11). The predicted octanol–water partition coefficient (Wildman–Crippen LogP) is 1.17. The van der Waals surface area contributed by atoms with E-state index >= 15 is 0 Å². The van der Waals surface area contributed by atoms with E-state index in [0.29, 0.717) is 6.54 Å². The molecule has 0 radical (unpaired) electrons. The average Bonchev–Trinajstić information content (AvgIpc) is 2.25. The Hall–Kier alpha value is -1.50. The van der Waals surface area contributed by atoms with E-state index in [1.54, 1.807) is 13.2 Å². The molecule has 0 amide bonds. The summed E-state index contributed by atoms with van der Waals surface area (Å²) in [5.41, 5.74) is -0.0726. The molecule has 1 heterocycles. The van der Waals surface area contributed by atoms with Gasteiger partial charge in [-0.15, -0.1) is 0 Å². The van der Waals surface area contributed by atoms with E-state index in [-0.39, 0.29) is 16.8 Å². The first-order valence-electron chi connectivity index (χ1n) is 4.68. The molecule has 0 aliphatic heterocycles. The van der Waals surface area contributed by atoms with Crippen molar-refractivity contribution >= 4 is 22.3 Å². The fourth-order valence-electron chi connectivity index (χ4n) is 1.04. The number of nitro groups is 1. The number of pyridine rings is 1. The zero-order valence-electron chi connectivity index (χ0n) is 9.04. The van der Waals surface area contributed by atoms with Crippen LogP contribution < -0.4 is 5.32 Å². The summed E-state index contributed by atoms with van der Waals surface area (Å²) in [4.78, 5) is 14.0. The summed E-state index contributed by atoms with van der Waals surface area (Å²) in [6.45, 7) is 2.19. The number of rotatable bonds is 5. The zero-order valence-corrected chi connectivity index (χ0v) is 9.86. The normalized spacial score (nSPS) is 14.1. The fourth-order valence-corrected chi connectivity index (χ4v) is 1.36. The van der Waals surface area contributed by atoms with Crippen LogP contribution in [0.15, 0.2) is 18.3 Å². The second-order valence-electron chi connectivity index (χ2n) is 3.32. The molecule has 0 aliphatic carbocycles. The molecule has 1 aromatic heterocycles. The third kappa shape index (κ3) is 3.27. The van der Waals surface area contributed by atoms with E-state index in [1.807, 2.05) is 0 Å². The van der Waals surface area contributed by atoms with Crippen molar-refractivity contribution in [3.8, 4) is 0 Å². The van der Waals surface area contributed by atoms with Gasteiger partial charge in [0.1, 0.15) is 0 Å². The summed E-state index contributed by atoms with van der Waals surface area (Å²) >= 11 is 0. The molecule has 2 unspecified atom stereocenters. The Balaban J connectivity index is 2.74. The summed E-state index contributed by atoms with van der Waals surface area (Å²) < 4.78 is 11.1. The van der Waals surface area contributed by atoms with Crippen molar-refractivity contribution in [1.82, 2.24) is 4.98 Å². The van der Waals surface area contributed by atoms with Gasteiger partial charge in [0.2, 0.25) is 5.82 Å². The van der Waals surface area contributed by atoms with Crippen molar-refractivity contribution in [2.75, 3.05) is 18.1 Å². The monoisotopic (exact) mass is 243 g/mol. The van der Waals surface area contributed by atoms with Gasteiger partial charge in [-0.1, -0.05) is 0 Å². The van der Waals surface area contributed by atoms with Gasteiger partial charge in [0, 0.05) is 41.1 Å². The maximum atomic E-state index is 11.1. The SMILES string of the molecule is CC(CNc1ncccc1[N+](=O)[O-])S(C)=O. The number of aromatic nitrogens is 1. The van der Waals surface area contributed by atoms with Crippen LogP contribution in [0.5, 0.6) is 0 Å². The summed E-state index contributed by atoms with van der Waals surface area (Å²) in [7, 11) is -0.961. The summed E-state index contributed by atoms with van der Waals surface area (Å²) in [6.07, 6.45) is 3.07. The third-order valence-corrected chi connectivity index (χ3v) is 3.41. The number of nitrogens with zero attached hydrogens (tertiary/aromatic N) is 2. The highest BCUT2D eigenvalue weighted by molar-refractivity contribution is 7.84. The Morgan fingerprint density at radius 2 is 2.38 bits per heavy atom. The van der Waals surface area contributed by atoms with E-state index in [9.17, 15) is 14.3 Å². The number of hydrogen-bond donors (Lipinski definition) is 1. The molecular weight excluding hydrogens is 230 g/mol. The Morgan fingerprint density at radius 3 is 2.94 bits per heavy atom. The van der Waals surface area contributed by atoms with Gasteiger partial charge >= 0.3 is 5.69 Å². The quantitative estimate of drug-likeness (QED) is 0.619. The van der Waals surface area contributed by atoms with Crippen LogP contribution in [0.1, 0.15) is 6.92 Å². The van der Waals surface area contributed by atoms with Crippen LogP contribution >= 0.6 is 0 Å². The zero-order chi connectivity index (χ0) is 12.1. The third-order valence-electron chi connectivity index (χ3n) is 2.11. The summed E-state index contributed by atoms with van der Waals surface area (Å²) in [5.74, 6) is 0.213. The lowest BCUT2D eigenvalue weighted by atomic mass is 10.4. The molecule has 1 rings (SSSR count). The molecule has 0 aliphatic rings. The van der Waals surface area contributed by atoms with Crippen LogP contribution in [-0.4, -0.2) is 32.2 Å². The van der Waals surface area contributed by atoms with Crippen LogP contribution in [-0.2, 0) is 10.8 Å². The molecule has 2 atom stereocenters. The van der Waals surface area contributed by atoms with Gasteiger partial charge in [0.25, 0.3) is 0 Å². The van der Waals surface area contributed by atoms with Crippen LogP contribution in [0.25, 0.3) is 0 Å². The molecule has 0 aromatic carbocycles. The highest BCUT2D eigenvalue weighted by Gasteiger charge is 2.15. The summed E-state index contributed by atoms with van der Waals surface area (Å²) in [6, 6.07) is 2.88. The molecule has 7 heteroatoms. The Labute approximate surface area is 95.7 Å². The van der Waals surface area contributed by atoms with E-state index in [0.717, 1.165) is 0 Å². The van der Waals surface area contributed by atoms with Crippen LogP contribution in [0.4, 0.5) is 11.5 Å². The first-order valence-corrected chi connectivity index (χ1v) is 6.30. The fraction of sp³-hybridized carbons (Fsp3) is 0.444. The molecule has 0 saturated heterocycles. The van der Waals surface area contributed by atoms with Crippen LogP contribution in [0.3, 0.4) is 0 Å². The van der Waals surface area contributed by atoms with Gasteiger partial charge in [-0.05, 0) is 13.0 Å². The first kappa shape index (κ1) is 12.6. The Kier molecular flexibility index (Phi) is 4.36. The number of anilines is 1. The van der Waals surface area contributed by atoms with Crippen molar-refractivity contribution in [3.63, 3.8) is 0 Å². The van der Waals surface area contributed by atoms with E-state index in [1.165, 1.54) is 18.3 Å². The van der Waals surface area contributed by atoms with Gasteiger partial charge in [-0.2, -0.15) is 0 Å². The molecule has 6 nitrogen and oxygen atoms in total. The van der Waals surface area contributed by atoms with Gasteiger partial charge in [-0.25, -0.2) is 4.98 Å². The average molecular weight is 243 g/mol. The minimum absolute atomic E-state index is 0.0726. The first-order chi connectivity index (χ1) is 7.52. The van der Waals surface area contributed by atoms with Crippen LogP contribution in [0, 0.1) is 10.1 Å². The maximum absolute atomic E-state index is 11.1. The van der Waals surface area contributed by atoms with E-state index < -0.39 is 15.7 Å². The minimum Gasteiger partial charge on any atom is -0.363 e. The molecule has 0 saturated carbocycles. The molecule has 88 valence electrons. The van der Waals surface area contributed by atoms with Crippen molar-refractivity contribution in [2.45, 2.75) is 12.2 Å². The smallest absolute Gasteiger partial charge is 0.311 e. The van der Waals surface area contributed by atoms with Crippen molar-refractivity contribution in [3.05, 3.63) is 28.4 Å². The molecular formula is C9H13N3O3S. The van der Waals surface area contributed by atoms with E-state index in [2.05, 4.69) is 10.3 Å². The minimum atomic E-state index is -0.961. The number of hydrogen-bond acceptors (Lipinski definition) is 5. The van der Waals surface area contributed by atoms with Crippen molar-refractivity contribution in [1.29, 1.82) is 0 Å². The largest absolute Gasteiger partial charge is 0.363 e. The Morgan fingerprint density at radius 1 is 1.69 bits per heavy atom. The van der Waals surface area contributed by atoms with Crippen LogP contribution in [0.2, 0.25) is 0 Å². The molecule has 1 aromatic rings. The highest BCUT2D eigenvalue weighted by Crippen LogP contribution is 2.20. The Bertz CT molecular complexity index is 411. The van der Waals surface area contributed by atoms with Gasteiger partial charge < -0.3 is 5.32 Å². The lowest BCUT2D eigenvalue weighted by Gasteiger charge is -2.10. The lowest BCUT2D eigenvalue weighted by molar-refractivity contribution is -0.384. The molecule has 16 heavy (non-hydrogen) atoms. The molecule has 1 N–H and O–H groups in total. The topological polar surface area (TPSA) is 85.1 Å². The summed E-state index contributed by atoms with van der Waals surface area (Å²) in [5, 5.41) is 13.4. The molecule has 0 bridgehead atoms. The van der Waals surface area contributed by atoms with Crippen molar-refractivity contribution in [2.24, 2.45) is 0 Å². The second kappa shape index (κ2) is 5.55. The van der Waals surface area contributed by atoms with Crippen molar-refractivity contribution < 1.29 is 9.13 Å². The highest BCUT2D eigenvalue weighted by atomic mass is 32.2. The maximum Gasteiger partial charge on any atom is 0.311 e. The van der Waals surface area contributed by atoms with Gasteiger partial charge in [0.05, 0.1) is 4.92 Å². The van der Waals surface area contributed by atoms with Gasteiger partial charge in [0.15, 0.2) is 0 Å². The molecule has 0 fully saturated rings.